The summed E-state index contributed by atoms with van der Waals surface area (Å²) >= 11 is 0. The number of nitrogens with zero attached hydrogens (tertiary/aromatic N) is 2. The van der Waals surface area contributed by atoms with E-state index in [0.29, 0.717) is 11.8 Å². The van der Waals surface area contributed by atoms with Crippen molar-refractivity contribution in [2.24, 2.45) is 0 Å². The number of benzene rings is 1. The molecule has 18 heavy (non-hydrogen) atoms. The normalized spacial score (nSPS) is 17.8. The van der Waals surface area contributed by atoms with Crippen LogP contribution < -0.4 is 5.32 Å². The fourth-order valence-corrected chi connectivity index (χ4v) is 2.43. The Labute approximate surface area is 107 Å². The lowest BCUT2D eigenvalue weighted by atomic mass is 9.98. The lowest BCUT2D eigenvalue weighted by Gasteiger charge is -2.07. The quantitative estimate of drug-likeness (QED) is 0.870. The van der Waals surface area contributed by atoms with Crippen LogP contribution in [0.25, 0.3) is 0 Å². The van der Waals surface area contributed by atoms with Crippen LogP contribution in [-0.4, -0.2) is 21.7 Å². The van der Waals surface area contributed by atoms with Gasteiger partial charge in [0.25, 0.3) is 0 Å². The molecule has 1 aliphatic heterocycles. The zero-order chi connectivity index (χ0) is 12.5. The van der Waals surface area contributed by atoms with Crippen molar-refractivity contribution in [1.29, 1.82) is 0 Å². The average Bonchev–Trinajstić information content (AvgIpc) is 2.98. The maximum absolute atomic E-state index is 4.55. The summed E-state index contributed by atoms with van der Waals surface area (Å²) in [5.74, 6) is 2.77. The molecule has 2 aromatic rings. The zero-order valence-electron chi connectivity index (χ0n) is 10.8. The van der Waals surface area contributed by atoms with E-state index in [1.54, 1.807) is 0 Å². The predicted molar refractivity (Wildman–Crippen MR) is 71.8 cm³/mol. The first-order valence-corrected chi connectivity index (χ1v) is 6.48. The van der Waals surface area contributed by atoms with Crippen molar-refractivity contribution in [3.8, 4) is 0 Å². The van der Waals surface area contributed by atoms with Gasteiger partial charge in [0.2, 0.25) is 0 Å². The Kier molecular flexibility index (Phi) is 2.78. The molecular formula is C14H18N4. The topological polar surface area (TPSA) is 53.6 Å². The molecule has 0 radical (unpaired) electrons. The van der Waals surface area contributed by atoms with E-state index in [0.717, 1.165) is 24.6 Å². The molecular weight excluding hydrogens is 224 g/mol. The van der Waals surface area contributed by atoms with Crippen LogP contribution in [0.5, 0.6) is 0 Å². The van der Waals surface area contributed by atoms with Gasteiger partial charge in [0.15, 0.2) is 5.82 Å². The first-order chi connectivity index (χ1) is 8.74. The Bertz CT molecular complexity index is 544. The van der Waals surface area contributed by atoms with E-state index in [-0.39, 0.29) is 0 Å². The molecule has 94 valence electrons. The van der Waals surface area contributed by atoms with Crippen LogP contribution in [0, 0.1) is 0 Å². The van der Waals surface area contributed by atoms with Crippen molar-refractivity contribution < 1.29 is 0 Å². The number of aromatic nitrogens is 3. The van der Waals surface area contributed by atoms with Gasteiger partial charge in [-0.25, -0.2) is 4.98 Å². The van der Waals surface area contributed by atoms with Gasteiger partial charge < -0.3 is 5.32 Å². The number of hydrogen-bond acceptors (Lipinski definition) is 3. The standard InChI is InChI=1S/C14H18N4/c1-9(2)14-16-13(17-18-14)7-10-8-15-12-6-4-3-5-11(10)12/h3-6,9-10,15H,7-8H2,1-2H3,(H,16,17,18). The van der Waals surface area contributed by atoms with Crippen molar-refractivity contribution in [2.75, 3.05) is 11.9 Å². The van der Waals surface area contributed by atoms with Gasteiger partial charge in [0, 0.05) is 30.5 Å². The van der Waals surface area contributed by atoms with E-state index < -0.39 is 0 Å². The molecule has 0 spiro atoms. The Balaban J connectivity index is 1.78. The van der Waals surface area contributed by atoms with E-state index in [9.17, 15) is 0 Å². The number of nitrogens with one attached hydrogen (secondary N) is 2. The van der Waals surface area contributed by atoms with Crippen LogP contribution in [0.4, 0.5) is 5.69 Å². The summed E-state index contributed by atoms with van der Waals surface area (Å²) < 4.78 is 0. The number of H-pyrrole nitrogens is 1. The van der Waals surface area contributed by atoms with Gasteiger partial charge in [-0.3, -0.25) is 5.10 Å². The fourth-order valence-electron chi connectivity index (χ4n) is 2.43. The van der Waals surface area contributed by atoms with E-state index in [1.165, 1.54) is 11.3 Å². The molecule has 0 amide bonds. The number of anilines is 1. The van der Waals surface area contributed by atoms with Crippen LogP contribution in [0.1, 0.15) is 42.9 Å². The van der Waals surface area contributed by atoms with Crippen molar-refractivity contribution in [2.45, 2.75) is 32.1 Å². The van der Waals surface area contributed by atoms with Crippen molar-refractivity contribution in [3.05, 3.63) is 41.5 Å². The van der Waals surface area contributed by atoms with Crippen LogP contribution in [0.3, 0.4) is 0 Å². The molecule has 4 nitrogen and oxygen atoms in total. The summed E-state index contributed by atoms with van der Waals surface area (Å²) in [6, 6.07) is 8.49. The third-order valence-electron chi connectivity index (χ3n) is 3.44. The predicted octanol–water partition coefficient (Wildman–Crippen LogP) is 2.68. The second-order valence-corrected chi connectivity index (χ2v) is 5.16. The third-order valence-corrected chi connectivity index (χ3v) is 3.44. The molecule has 0 saturated carbocycles. The fraction of sp³-hybridized carbons (Fsp3) is 0.429. The summed E-state index contributed by atoms with van der Waals surface area (Å²) in [5, 5.41) is 10.8. The second kappa shape index (κ2) is 4.44. The Hall–Kier alpha value is -1.84. The maximum atomic E-state index is 4.55. The van der Waals surface area contributed by atoms with Crippen molar-refractivity contribution >= 4 is 5.69 Å². The number of aromatic amines is 1. The smallest absolute Gasteiger partial charge is 0.153 e. The minimum atomic E-state index is 0.379. The molecule has 4 heteroatoms. The Morgan fingerprint density at radius 2 is 2.17 bits per heavy atom. The third kappa shape index (κ3) is 1.98. The highest BCUT2D eigenvalue weighted by Gasteiger charge is 2.23. The van der Waals surface area contributed by atoms with Crippen LogP contribution >= 0.6 is 0 Å². The number of rotatable bonds is 3. The molecule has 0 saturated heterocycles. The van der Waals surface area contributed by atoms with Gasteiger partial charge in [-0.1, -0.05) is 32.0 Å². The molecule has 0 fully saturated rings. The minimum Gasteiger partial charge on any atom is -0.384 e. The highest BCUT2D eigenvalue weighted by atomic mass is 15.2. The Morgan fingerprint density at radius 3 is 2.94 bits per heavy atom. The van der Waals surface area contributed by atoms with E-state index >= 15 is 0 Å². The monoisotopic (exact) mass is 242 g/mol. The largest absolute Gasteiger partial charge is 0.384 e. The summed E-state index contributed by atoms with van der Waals surface area (Å²) in [6.45, 7) is 5.20. The molecule has 0 aliphatic carbocycles. The number of fused-ring (bicyclic) bond motifs is 1. The van der Waals surface area contributed by atoms with Gasteiger partial charge in [-0.2, -0.15) is 5.10 Å². The summed E-state index contributed by atoms with van der Waals surface area (Å²) in [7, 11) is 0. The highest BCUT2D eigenvalue weighted by Crippen LogP contribution is 2.32. The molecule has 1 aromatic heterocycles. The Morgan fingerprint density at radius 1 is 1.33 bits per heavy atom. The van der Waals surface area contributed by atoms with Gasteiger partial charge in [-0.15, -0.1) is 0 Å². The molecule has 0 bridgehead atoms. The summed E-state index contributed by atoms with van der Waals surface area (Å²) in [6.07, 6.45) is 0.920. The van der Waals surface area contributed by atoms with E-state index in [4.69, 9.17) is 0 Å². The minimum absolute atomic E-state index is 0.379. The lowest BCUT2D eigenvalue weighted by molar-refractivity contribution is 0.714. The molecule has 1 unspecified atom stereocenters. The summed E-state index contributed by atoms with van der Waals surface area (Å²) in [5.41, 5.74) is 2.64. The highest BCUT2D eigenvalue weighted by molar-refractivity contribution is 5.57. The van der Waals surface area contributed by atoms with Crippen molar-refractivity contribution in [3.63, 3.8) is 0 Å². The SMILES string of the molecule is CC(C)c1n[nH]c(CC2CNc3ccccc32)n1. The van der Waals surface area contributed by atoms with Crippen LogP contribution in [0.15, 0.2) is 24.3 Å². The second-order valence-electron chi connectivity index (χ2n) is 5.16. The molecule has 2 heterocycles. The first-order valence-electron chi connectivity index (χ1n) is 6.48. The van der Waals surface area contributed by atoms with Gasteiger partial charge >= 0.3 is 0 Å². The van der Waals surface area contributed by atoms with E-state index in [1.807, 2.05) is 0 Å². The van der Waals surface area contributed by atoms with Crippen LogP contribution in [-0.2, 0) is 6.42 Å². The van der Waals surface area contributed by atoms with Crippen LogP contribution in [0.2, 0.25) is 0 Å². The molecule has 2 N–H and O–H groups in total. The molecule has 3 rings (SSSR count). The maximum Gasteiger partial charge on any atom is 0.153 e. The molecule has 1 aliphatic rings. The van der Waals surface area contributed by atoms with Crippen molar-refractivity contribution in [1.82, 2.24) is 15.2 Å². The van der Waals surface area contributed by atoms with Gasteiger partial charge in [0.05, 0.1) is 0 Å². The van der Waals surface area contributed by atoms with E-state index in [2.05, 4.69) is 58.6 Å². The van der Waals surface area contributed by atoms with Gasteiger partial charge in [-0.05, 0) is 11.6 Å². The number of para-hydroxylation sites is 1. The lowest BCUT2D eigenvalue weighted by Crippen LogP contribution is -2.06. The molecule has 1 aromatic carbocycles. The summed E-state index contributed by atoms with van der Waals surface area (Å²) in [4.78, 5) is 4.55. The zero-order valence-corrected chi connectivity index (χ0v) is 10.8. The van der Waals surface area contributed by atoms with Gasteiger partial charge in [0.1, 0.15) is 5.82 Å². The average molecular weight is 242 g/mol. The molecule has 1 atom stereocenters. The first kappa shape index (κ1) is 11.3. The number of hydrogen-bond donors (Lipinski definition) is 2.